The average molecular weight is 589 g/mol. The minimum atomic E-state index is -0.368. The molecule has 0 saturated heterocycles. The first-order valence-corrected chi connectivity index (χ1v) is 15.8. The Morgan fingerprint density at radius 1 is 0.814 bits per heavy atom. The number of aromatic nitrogens is 1. The molecule has 0 radical (unpaired) electrons. The molecule has 0 N–H and O–H groups in total. The van der Waals surface area contributed by atoms with Crippen LogP contribution in [0, 0.1) is 6.92 Å². The highest BCUT2D eigenvalue weighted by molar-refractivity contribution is 7.99. The molecular formula is C37H36N2O3S. The van der Waals surface area contributed by atoms with Crippen molar-refractivity contribution < 1.29 is 14.4 Å². The molecule has 1 amide bonds. The van der Waals surface area contributed by atoms with Gasteiger partial charge in [0.1, 0.15) is 0 Å². The van der Waals surface area contributed by atoms with Crippen LogP contribution in [-0.2, 0) is 29.0 Å². The summed E-state index contributed by atoms with van der Waals surface area (Å²) in [6, 6.07) is 28.0. The smallest absolute Gasteiger partial charge is 0.242 e. The molecule has 5 aromatic rings. The number of carbonyl (C=O) groups is 3. The topological polar surface area (TPSA) is 68.5 Å². The van der Waals surface area contributed by atoms with Crippen LogP contribution in [0.1, 0.15) is 59.8 Å². The van der Waals surface area contributed by atoms with E-state index in [-0.39, 0.29) is 23.9 Å². The van der Waals surface area contributed by atoms with Gasteiger partial charge in [0.2, 0.25) is 5.91 Å². The van der Waals surface area contributed by atoms with Crippen LogP contribution < -0.4 is 0 Å². The van der Waals surface area contributed by atoms with Crippen LogP contribution in [-0.4, -0.2) is 33.5 Å². The molecule has 6 heteroatoms. The molecule has 0 aliphatic carbocycles. The van der Waals surface area contributed by atoms with Crippen LogP contribution in [0.15, 0.2) is 94.8 Å². The van der Waals surface area contributed by atoms with E-state index in [1.54, 1.807) is 11.8 Å². The van der Waals surface area contributed by atoms with Crippen LogP contribution >= 0.6 is 11.8 Å². The maximum Gasteiger partial charge on any atom is 0.242 e. The lowest BCUT2D eigenvalue weighted by atomic mass is 9.97. The zero-order valence-electron chi connectivity index (χ0n) is 25.1. The Hall–Kier alpha value is -4.29. The van der Waals surface area contributed by atoms with Crippen molar-refractivity contribution in [3.05, 3.63) is 113 Å². The van der Waals surface area contributed by atoms with Gasteiger partial charge in [-0.2, -0.15) is 0 Å². The maximum absolute atomic E-state index is 13.4. The number of hydrogen-bond donors (Lipinski definition) is 0. The van der Waals surface area contributed by atoms with Gasteiger partial charge in [-0.3, -0.25) is 14.4 Å². The number of nitrogens with zero attached hydrogens (tertiary/aromatic N) is 2. The third-order valence-corrected chi connectivity index (χ3v) is 8.83. The molecule has 0 fully saturated rings. The lowest BCUT2D eigenvalue weighted by molar-refractivity contribution is -0.117. The first-order valence-electron chi connectivity index (χ1n) is 14.8. The summed E-state index contributed by atoms with van der Waals surface area (Å²) < 4.78 is 2.23. The third kappa shape index (κ3) is 6.70. The molecule has 0 bridgehead atoms. The van der Waals surface area contributed by atoms with Gasteiger partial charge in [0, 0.05) is 69.9 Å². The minimum absolute atomic E-state index is 0.00649. The summed E-state index contributed by atoms with van der Waals surface area (Å²) in [7, 11) is 0. The molecule has 0 aliphatic rings. The lowest BCUT2D eigenvalue weighted by Gasteiger charge is -2.07. The fourth-order valence-electron chi connectivity index (χ4n) is 5.55. The number of aliphatic imine (C=N–C) groups is 1. The molecule has 0 unspecified atom stereocenters. The second-order valence-electron chi connectivity index (χ2n) is 10.7. The molecule has 0 spiro atoms. The van der Waals surface area contributed by atoms with Crippen molar-refractivity contribution in [2.45, 2.75) is 58.4 Å². The summed E-state index contributed by atoms with van der Waals surface area (Å²) in [5.41, 5.74) is 6.82. The van der Waals surface area contributed by atoms with E-state index in [0.29, 0.717) is 29.0 Å². The largest absolute Gasteiger partial charge is 0.341 e. The number of Topliss-reactive ketones (excluding diaryl/α,β-unsaturated/α-hetero) is 1. The summed E-state index contributed by atoms with van der Waals surface area (Å²) in [6.45, 7) is 8.33. The van der Waals surface area contributed by atoms with E-state index < -0.39 is 0 Å². The standard InChI is InChI=1S/C37H36N2O3S/c1-5-26-11-15-29(16-12-26)43-20-19-33(38-25(4)40)36(41)22-27-13-17-34-31(21-27)32-23-28(14-18-35(32)39(34)6-2)37(42)30-10-8-7-9-24(30)3/h7-18,21,23H,5-6,19-20,22H2,1-4H3. The zero-order chi connectivity index (χ0) is 30.5. The number of ketones is 2. The van der Waals surface area contributed by atoms with Gasteiger partial charge in [-0.25, -0.2) is 4.99 Å². The van der Waals surface area contributed by atoms with Gasteiger partial charge in [0.15, 0.2) is 11.6 Å². The second kappa shape index (κ2) is 13.3. The van der Waals surface area contributed by atoms with Crippen molar-refractivity contribution in [1.82, 2.24) is 4.57 Å². The molecule has 0 aliphatic heterocycles. The molecule has 1 heterocycles. The molecule has 5 rings (SSSR count). The molecule has 218 valence electrons. The van der Waals surface area contributed by atoms with E-state index in [9.17, 15) is 14.4 Å². The quantitative estimate of drug-likeness (QED) is 0.0886. The van der Waals surface area contributed by atoms with Gasteiger partial charge >= 0.3 is 0 Å². The van der Waals surface area contributed by atoms with Gasteiger partial charge in [0.25, 0.3) is 0 Å². The van der Waals surface area contributed by atoms with E-state index in [4.69, 9.17) is 0 Å². The Labute approximate surface area is 257 Å². The number of rotatable bonds is 11. The number of fused-ring (bicyclic) bond motifs is 3. The van der Waals surface area contributed by atoms with E-state index >= 15 is 0 Å². The number of carbonyl (C=O) groups excluding carboxylic acids is 3. The van der Waals surface area contributed by atoms with Crippen molar-refractivity contribution >= 4 is 56.8 Å². The van der Waals surface area contributed by atoms with Crippen LogP contribution in [0.3, 0.4) is 0 Å². The van der Waals surface area contributed by atoms with Crippen molar-refractivity contribution in [1.29, 1.82) is 0 Å². The van der Waals surface area contributed by atoms with Gasteiger partial charge in [-0.05, 0) is 79.4 Å². The monoisotopic (exact) mass is 588 g/mol. The number of hydrogen-bond acceptors (Lipinski definition) is 4. The predicted molar refractivity (Wildman–Crippen MR) is 178 cm³/mol. The second-order valence-corrected chi connectivity index (χ2v) is 11.9. The summed E-state index contributed by atoms with van der Waals surface area (Å²) in [4.78, 5) is 44.0. The van der Waals surface area contributed by atoms with Crippen LogP contribution in [0.2, 0.25) is 0 Å². The van der Waals surface area contributed by atoms with Crippen LogP contribution in [0.5, 0.6) is 0 Å². The fourth-order valence-corrected chi connectivity index (χ4v) is 6.41. The van der Waals surface area contributed by atoms with E-state index in [0.717, 1.165) is 50.8 Å². The highest BCUT2D eigenvalue weighted by Gasteiger charge is 2.18. The molecular weight excluding hydrogens is 552 g/mol. The molecule has 0 atom stereocenters. The van der Waals surface area contributed by atoms with Crippen LogP contribution in [0.4, 0.5) is 0 Å². The molecule has 4 aromatic carbocycles. The van der Waals surface area contributed by atoms with Crippen LogP contribution in [0.25, 0.3) is 21.8 Å². The highest BCUT2D eigenvalue weighted by atomic mass is 32.2. The molecule has 5 nitrogen and oxygen atoms in total. The van der Waals surface area contributed by atoms with Crippen molar-refractivity contribution in [3.8, 4) is 0 Å². The van der Waals surface area contributed by atoms with Gasteiger partial charge < -0.3 is 4.57 Å². The Balaban J connectivity index is 1.41. The predicted octanol–water partition coefficient (Wildman–Crippen LogP) is 8.20. The van der Waals surface area contributed by atoms with E-state index in [1.165, 1.54) is 12.5 Å². The first kappa shape index (κ1) is 30.2. The number of amides is 1. The minimum Gasteiger partial charge on any atom is -0.341 e. The van der Waals surface area contributed by atoms with Crippen molar-refractivity contribution in [3.63, 3.8) is 0 Å². The van der Waals surface area contributed by atoms with Crippen molar-refractivity contribution in [2.24, 2.45) is 4.99 Å². The van der Waals surface area contributed by atoms with Gasteiger partial charge in [-0.1, -0.05) is 49.4 Å². The van der Waals surface area contributed by atoms with Gasteiger partial charge in [0.05, 0.1) is 5.71 Å². The SMILES string of the molecule is CCc1ccc(SCCC(=NC(C)=O)C(=O)Cc2ccc3c(c2)c2cc(C(=O)c4ccccc4C)ccc2n3CC)cc1. The molecule has 43 heavy (non-hydrogen) atoms. The number of aryl methyl sites for hydroxylation is 3. The van der Waals surface area contributed by atoms with E-state index in [2.05, 4.69) is 47.7 Å². The average Bonchev–Trinajstić information content (AvgIpc) is 3.32. The van der Waals surface area contributed by atoms with Gasteiger partial charge in [-0.15, -0.1) is 11.8 Å². The maximum atomic E-state index is 13.4. The number of benzene rings is 4. The van der Waals surface area contributed by atoms with Crippen molar-refractivity contribution in [2.75, 3.05) is 5.75 Å². The fraction of sp³-hybridized carbons (Fsp3) is 0.243. The lowest BCUT2D eigenvalue weighted by Crippen LogP contribution is -2.19. The summed E-state index contributed by atoms with van der Waals surface area (Å²) in [5.74, 6) is 0.136. The molecule has 1 aromatic heterocycles. The molecule has 0 saturated carbocycles. The highest BCUT2D eigenvalue weighted by Crippen LogP contribution is 2.32. The van der Waals surface area contributed by atoms with E-state index in [1.807, 2.05) is 67.6 Å². The Kier molecular flexibility index (Phi) is 9.37. The Morgan fingerprint density at radius 2 is 1.49 bits per heavy atom. The Bertz CT molecular complexity index is 1870. The number of thioether (sulfide) groups is 1. The summed E-state index contributed by atoms with van der Waals surface area (Å²) >= 11 is 1.66. The zero-order valence-corrected chi connectivity index (χ0v) is 26.0. The summed E-state index contributed by atoms with van der Waals surface area (Å²) in [5, 5.41) is 1.98. The first-order chi connectivity index (χ1) is 20.8. The third-order valence-electron chi connectivity index (χ3n) is 7.82. The Morgan fingerprint density at radius 3 is 2.16 bits per heavy atom. The summed E-state index contributed by atoms with van der Waals surface area (Å²) in [6.07, 6.45) is 1.56. The normalized spacial score (nSPS) is 11.8.